The Hall–Kier alpha value is -2.10. The van der Waals surface area contributed by atoms with Gasteiger partial charge in [-0.3, -0.25) is 4.79 Å². The molecule has 2 rings (SSSR count). The fourth-order valence-electron chi connectivity index (χ4n) is 2.23. The normalized spacial score (nSPS) is 10.9. The van der Waals surface area contributed by atoms with Gasteiger partial charge in [-0.15, -0.1) is 0 Å². The Morgan fingerprint density at radius 3 is 2.57 bits per heavy atom. The number of carbonyl (C=O) groups excluding carboxylic acids is 1. The maximum atomic E-state index is 12.1. The molecular formula is C17H22N2O2. The fraction of sp³-hybridized carbons (Fsp3) is 0.412. The van der Waals surface area contributed by atoms with Crippen LogP contribution in [0.1, 0.15) is 38.1 Å². The second-order valence-corrected chi connectivity index (χ2v) is 5.24. The summed E-state index contributed by atoms with van der Waals surface area (Å²) in [4.78, 5) is 16.5. The minimum atomic E-state index is 0.0554. The summed E-state index contributed by atoms with van der Waals surface area (Å²) < 4.78 is 5.63. The highest BCUT2D eigenvalue weighted by molar-refractivity contribution is 5.93. The third kappa shape index (κ3) is 3.51. The van der Waals surface area contributed by atoms with Gasteiger partial charge in [-0.05, 0) is 44.9 Å². The summed E-state index contributed by atoms with van der Waals surface area (Å²) in [7, 11) is 0. The van der Waals surface area contributed by atoms with Gasteiger partial charge in [-0.1, -0.05) is 19.9 Å². The second kappa shape index (κ2) is 6.57. The summed E-state index contributed by atoms with van der Waals surface area (Å²) in [6.45, 7) is 7.87. The number of anilines is 1. The van der Waals surface area contributed by atoms with Crippen LogP contribution in [0.25, 0.3) is 11.5 Å². The van der Waals surface area contributed by atoms with E-state index in [-0.39, 0.29) is 11.8 Å². The average molecular weight is 286 g/mol. The highest BCUT2D eigenvalue weighted by Gasteiger charge is 2.15. The molecule has 1 aromatic carbocycles. The van der Waals surface area contributed by atoms with Gasteiger partial charge in [-0.25, -0.2) is 4.98 Å². The zero-order valence-electron chi connectivity index (χ0n) is 13.1. The number of aryl methyl sites for hydroxylation is 2. The maximum absolute atomic E-state index is 12.1. The van der Waals surface area contributed by atoms with E-state index < -0.39 is 0 Å². The van der Waals surface area contributed by atoms with Crippen LogP contribution in [0, 0.1) is 19.8 Å². The van der Waals surface area contributed by atoms with Crippen LogP contribution >= 0.6 is 0 Å². The molecule has 21 heavy (non-hydrogen) atoms. The first-order valence-corrected chi connectivity index (χ1v) is 7.40. The molecule has 112 valence electrons. The fourth-order valence-corrected chi connectivity index (χ4v) is 2.23. The van der Waals surface area contributed by atoms with Gasteiger partial charge in [-0.2, -0.15) is 0 Å². The number of hydrogen-bond acceptors (Lipinski definition) is 3. The van der Waals surface area contributed by atoms with E-state index in [0.29, 0.717) is 5.89 Å². The first kappa shape index (κ1) is 15.3. The first-order chi connectivity index (χ1) is 10.0. The molecule has 0 saturated heterocycles. The van der Waals surface area contributed by atoms with Crippen LogP contribution in [-0.2, 0) is 4.79 Å². The van der Waals surface area contributed by atoms with Crippen molar-refractivity contribution < 1.29 is 9.21 Å². The molecule has 0 aliphatic carbocycles. The molecule has 0 aliphatic heterocycles. The van der Waals surface area contributed by atoms with Crippen molar-refractivity contribution in [1.82, 2.24) is 4.98 Å². The van der Waals surface area contributed by atoms with Gasteiger partial charge < -0.3 is 9.73 Å². The van der Waals surface area contributed by atoms with Crippen LogP contribution in [0.3, 0.4) is 0 Å². The standard InChI is InChI=1S/C17H22N2O2/c1-5-13(6-2)16(20)19-15-9-7-8-14(10-15)17-18-11(3)12(4)21-17/h7-10,13H,5-6H2,1-4H3,(H,19,20). The second-order valence-electron chi connectivity index (χ2n) is 5.24. The number of hydrogen-bond donors (Lipinski definition) is 1. The minimum absolute atomic E-state index is 0.0554. The summed E-state index contributed by atoms with van der Waals surface area (Å²) in [5, 5.41) is 2.97. The minimum Gasteiger partial charge on any atom is -0.441 e. The molecule has 0 unspecified atom stereocenters. The topological polar surface area (TPSA) is 55.1 Å². The van der Waals surface area contributed by atoms with Gasteiger partial charge in [0.15, 0.2) is 0 Å². The van der Waals surface area contributed by atoms with E-state index in [1.807, 2.05) is 52.0 Å². The summed E-state index contributed by atoms with van der Waals surface area (Å²) in [5.74, 6) is 1.52. The molecule has 4 nitrogen and oxygen atoms in total. The largest absolute Gasteiger partial charge is 0.441 e. The summed E-state index contributed by atoms with van der Waals surface area (Å²) in [5.41, 5.74) is 2.53. The van der Waals surface area contributed by atoms with Crippen molar-refractivity contribution in [2.75, 3.05) is 5.32 Å². The first-order valence-electron chi connectivity index (χ1n) is 7.40. The van der Waals surface area contributed by atoms with Crippen molar-refractivity contribution in [1.29, 1.82) is 0 Å². The van der Waals surface area contributed by atoms with Crippen molar-refractivity contribution in [3.05, 3.63) is 35.7 Å². The quantitative estimate of drug-likeness (QED) is 0.889. The number of benzene rings is 1. The summed E-state index contributed by atoms with van der Waals surface area (Å²) in [6, 6.07) is 7.60. The number of amides is 1. The van der Waals surface area contributed by atoms with E-state index in [1.165, 1.54) is 0 Å². The predicted molar refractivity (Wildman–Crippen MR) is 84.1 cm³/mol. The average Bonchev–Trinajstić information content (AvgIpc) is 2.80. The van der Waals surface area contributed by atoms with Crippen LogP contribution in [0.5, 0.6) is 0 Å². The van der Waals surface area contributed by atoms with Gasteiger partial charge in [0.05, 0.1) is 5.69 Å². The molecular weight excluding hydrogens is 264 g/mol. The third-order valence-corrected chi connectivity index (χ3v) is 3.76. The zero-order chi connectivity index (χ0) is 15.4. The molecule has 0 aliphatic rings. The number of nitrogens with one attached hydrogen (secondary N) is 1. The Balaban J connectivity index is 2.20. The van der Waals surface area contributed by atoms with E-state index in [2.05, 4.69) is 10.3 Å². The van der Waals surface area contributed by atoms with Crippen LogP contribution in [0.15, 0.2) is 28.7 Å². The molecule has 0 radical (unpaired) electrons. The Bertz CT molecular complexity index is 608. The van der Waals surface area contributed by atoms with E-state index in [9.17, 15) is 4.79 Å². The highest BCUT2D eigenvalue weighted by Crippen LogP contribution is 2.24. The number of oxazole rings is 1. The van der Waals surface area contributed by atoms with Crippen LogP contribution in [0.2, 0.25) is 0 Å². The van der Waals surface area contributed by atoms with Crippen LogP contribution < -0.4 is 5.32 Å². The predicted octanol–water partition coefficient (Wildman–Crippen LogP) is 4.33. The maximum Gasteiger partial charge on any atom is 0.227 e. The molecule has 1 heterocycles. The van der Waals surface area contributed by atoms with Crippen molar-refractivity contribution in [3.8, 4) is 11.5 Å². The monoisotopic (exact) mass is 286 g/mol. The van der Waals surface area contributed by atoms with Crippen molar-refractivity contribution in [3.63, 3.8) is 0 Å². The number of carbonyl (C=O) groups is 1. The molecule has 0 bridgehead atoms. The van der Waals surface area contributed by atoms with Crippen molar-refractivity contribution >= 4 is 11.6 Å². The zero-order valence-corrected chi connectivity index (χ0v) is 13.1. The molecule has 0 atom stereocenters. The lowest BCUT2D eigenvalue weighted by Gasteiger charge is -2.13. The Kier molecular flexibility index (Phi) is 4.78. The number of nitrogens with zero attached hydrogens (tertiary/aromatic N) is 1. The molecule has 0 saturated carbocycles. The van der Waals surface area contributed by atoms with Gasteiger partial charge >= 0.3 is 0 Å². The lowest BCUT2D eigenvalue weighted by Crippen LogP contribution is -2.21. The lowest BCUT2D eigenvalue weighted by atomic mass is 10.0. The van der Waals surface area contributed by atoms with E-state index in [0.717, 1.165) is 35.5 Å². The number of aromatic nitrogens is 1. The molecule has 0 fully saturated rings. The lowest BCUT2D eigenvalue weighted by molar-refractivity contribution is -0.120. The number of rotatable bonds is 5. The molecule has 1 amide bonds. The van der Waals surface area contributed by atoms with Crippen molar-refractivity contribution in [2.24, 2.45) is 5.92 Å². The molecule has 0 spiro atoms. The van der Waals surface area contributed by atoms with Gasteiger partial charge in [0.1, 0.15) is 5.76 Å². The summed E-state index contributed by atoms with van der Waals surface area (Å²) in [6.07, 6.45) is 1.69. The highest BCUT2D eigenvalue weighted by atomic mass is 16.4. The van der Waals surface area contributed by atoms with Gasteiger partial charge in [0, 0.05) is 17.2 Å². The van der Waals surface area contributed by atoms with Crippen LogP contribution in [0.4, 0.5) is 5.69 Å². The molecule has 4 heteroatoms. The Labute approximate surface area is 125 Å². The SMILES string of the molecule is CCC(CC)C(=O)Nc1cccc(-c2nc(C)c(C)o2)c1. The third-order valence-electron chi connectivity index (χ3n) is 3.76. The Morgan fingerprint density at radius 1 is 1.29 bits per heavy atom. The molecule has 1 aromatic heterocycles. The van der Waals surface area contributed by atoms with Crippen molar-refractivity contribution in [2.45, 2.75) is 40.5 Å². The molecule has 1 N–H and O–H groups in total. The smallest absolute Gasteiger partial charge is 0.227 e. The van der Waals surface area contributed by atoms with E-state index in [1.54, 1.807) is 0 Å². The van der Waals surface area contributed by atoms with Gasteiger partial charge in [0.25, 0.3) is 0 Å². The summed E-state index contributed by atoms with van der Waals surface area (Å²) >= 11 is 0. The molecule has 2 aromatic rings. The van der Waals surface area contributed by atoms with E-state index >= 15 is 0 Å². The Morgan fingerprint density at radius 2 is 2.00 bits per heavy atom. The van der Waals surface area contributed by atoms with E-state index in [4.69, 9.17) is 4.42 Å². The van der Waals surface area contributed by atoms with Gasteiger partial charge in [0.2, 0.25) is 11.8 Å². The van der Waals surface area contributed by atoms with Crippen LogP contribution in [-0.4, -0.2) is 10.9 Å².